The van der Waals surface area contributed by atoms with E-state index in [1.165, 1.54) is 0 Å². The smallest absolute Gasteiger partial charge is 0.275 e. The van der Waals surface area contributed by atoms with E-state index in [4.69, 9.17) is 10.2 Å². The Labute approximate surface area is 61.8 Å². The molecule has 9 heavy (non-hydrogen) atoms. The van der Waals surface area contributed by atoms with Crippen molar-refractivity contribution in [1.82, 2.24) is 0 Å². The third-order valence-corrected chi connectivity index (χ3v) is 0.451. The van der Waals surface area contributed by atoms with E-state index in [-0.39, 0.29) is 16.5 Å². The van der Waals surface area contributed by atoms with Gasteiger partial charge < -0.3 is 10.2 Å². The van der Waals surface area contributed by atoms with Crippen LogP contribution in [0, 0.1) is 6.42 Å². The van der Waals surface area contributed by atoms with Crippen molar-refractivity contribution in [1.29, 1.82) is 0 Å². The van der Waals surface area contributed by atoms with E-state index < -0.39 is 18.4 Å². The number of aliphatic carboxylic acids is 2. The zero-order chi connectivity index (χ0) is 6.57. The van der Waals surface area contributed by atoms with Crippen LogP contribution in [0.25, 0.3) is 0 Å². The van der Waals surface area contributed by atoms with E-state index in [1.54, 1.807) is 0 Å². The molecular weight excluding hydrogens is 171 g/mol. The van der Waals surface area contributed by atoms with Crippen molar-refractivity contribution in [2.24, 2.45) is 0 Å². The number of rotatable bonds is 3. The standard InChI is InChI=1S/C4H5O4.Ni/c5-3(6)1-2-4(7)8;/h1H,2H2,(H,5,6)(H,7,8);/q-1;. The van der Waals surface area contributed by atoms with Gasteiger partial charge in [0.1, 0.15) is 0 Å². The van der Waals surface area contributed by atoms with Crippen LogP contribution in [-0.2, 0) is 26.1 Å². The second-order valence-corrected chi connectivity index (χ2v) is 1.14. The van der Waals surface area contributed by atoms with Crippen molar-refractivity contribution in [2.75, 3.05) is 0 Å². The molecule has 0 aliphatic carbocycles. The molecule has 0 bridgehead atoms. The Balaban J connectivity index is 0. The fourth-order valence-electron chi connectivity index (χ4n) is 0.175. The molecule has 0 aromatic carbocycles. The number of hydrogen-bond acceptors (Lipinski definition) is 2. The van der Waals surface area contributed by atoms with Gasteiger partial charge in [0, 0.05) is 16.5 Å². The van der Waals surface area contributed by atoms with Gasteiger partial charge in [-0.25, -0.2) is 0 Å². The van der Waals surface area contributed by atoms with E-state index in [0.29, 0.717) is 6.42 Å². The van der Waals surface area contributed by atoms with Crippen LogP contribution in [0.2, 0.25) is 0 Å². The number of hydrogen-bond donors (Lipinski definition) is 2. The van der Waals surface area contributed by atoms with E-state index in [1.807, 2.05) is 0 Å². The topological polar surface area (TPSA) is 74.6 Å². The summed E-state index contributed by atoms with van der Waals surface area (Å²) in [6.07, 6.45) is 0.262. The second kappa shape index (κ2) is 5.44. The Morgan fingerprint density at radius 3 is 1.89 bits per heavy atom. The molecule has 0 fully saturated rings. The summed E-state index contributed by atoms with van der Waals surface area (Å²) in [7, 11) is 0. The van der Waals surface area contributed by atoms with E-state index in [2.05, 4.69) is 0 Å². The molecule has 0 rings (SSSR count). The molecule has 4 nitrogen and oxygen atoms in total. The van der Waals surface area contributed by atoms with Gasteiger partial charge in [0.05, 0.1) is 0 Å². The summed E-state index contributed by atoms with van der Waals surface area (Å²) in [5.41, 5.74) is 0. The van der Waals surface area contributed by atoms with Gasteiger partial charge in [-0.1, -0.05) is 6.42 Å². The Morgan fingerprint density at radius 2 is 1.78 bits per heavy atom. The Kier molecular flexibility index (Phi) is 6.74. The van der Waals surface area contributed by atoms with Crippen LogP contribution >= 0.6 is 0 Å². The molecule has 0 unspecified atom stereocenters. The molecule has 0 aromatic rings. The molecule has 56 valence electrons. The maximum Gasteiger partial charge on any atom is 0.275 e. The van der Waals surface area contributed by atoms with Crippen molar-refractivity contribution in [2.45, 2.75) is 6.42 Å². The fraction of sp³-hybridized carbons (Fsp3) is 0.250. The Bertz CT molecular complexity index is 97.1. The first kappa shape index (κ1) is 11.1. The third-order valence-electron chi connectivity index (χ3n) is 0.451. The molecule has 0 aliphatic rings. The number of carboxylic acid groups (broad SMARTS) is 2. The van der Waals surface area contributed by atoms with Crippen LogP contribution in [0.15, 0.2) is 0 Å². The van der Waals surface area contributed by atoms with Gasteiger partial charge in [0.25, 0.3) is 5.97 Å². The number of carbonyl (C=O) groups is 2. The third kappa shape index (κ3) is 11.1. The minimum absolute atomic E-state index is 0. The van der Waals surface area contributed by atoms with Crippen LogP contribution in [0.3, 0.4) is 0 Å². The molecule has 0 aromatic heterocycles. The summed E-state index contributed by atoms with van der Waals surface area (Å²) in [6.45, 7) is 0. The summed E-state index contributed by atoms with van der Waals surface area (Å²) in [4.78, 5) is 19.2. The molecule has 0 saturated carbocycles. The normalized spacial score (nSPS) is 7.11. The molecule has 0 aliphatic heterocycles. The van der Waals surface area contributed by atoms with Gasteiger partial charge >= 0.3 is 0 Å². The predicted molar refractivity (Wildman–Crippen MR) is 24.2 cm³/mol. The molecule has 0 heterocycles. The van der Waals surface area contributed by atoms with Crippen molar-refractivity contribution >= 4 is 11.9 Å². The van der Waals surface area contributed by atoms with Gasteiger partial charge in [-0.15, -0.1) is 0 Å². The minimum atomic E-state index is -1.20. The van der Waals surface area contributed by atoms with Crippen molar-refractivity contribution < 1.29 is 36.3 Å². The van der Waals surface area contributed by atoms with Crippen LogP contribution in [0.4, 0.5) is 0 Å². The predicted octanol–water partition coefficient (Wildman–Crippen LogP) is -0.253. The maximum absolute atomic E-state index is 9.61. The summed E-state index contributed by atoms with van der Waals surface area (Å²) in [5, 5.41) is 15.7. The van der Waals surface area contributed by atoms with Gasteiger partial charge in [0.2, 0.25) is 0 Å². The van der Waals surface area contributed by atoms with Crippen molar-refractivity contribution in [3.05, 3.63) is 6.42 Å². The molecule has 0 radical (unpaired) electrons. The van der Waals surface area contributed by atoms with Gasteiger partial charge in [-0.05, 0) is 0 Å². The maximum atomic E-state index is 9.61. The van der Waals surface area contributed by atoms with E-state index >= 15 is 0 Å². The molecule has 0 spiro atoms. The minimum Gasteiger partial charge on any atom is -0.503 e. The fourth-order valence-corrected chi connectivity index (χ4v) is 0.175. The largest absolute Gasteiger partial charge is 0.503 e. The molecule has 0 atom stereocenters. The first-order valence-electron chi connectivity index (χ1n) is 1.91. The van der Waals surface area contributed by atoms with Gasteiger partial charge in [-0.2, -0.15) is 0 Å². The molecule has 0 saturated heterocycles. The first-order chi connectivity index (χ1) is 3.63. The molecule has 2 N–H and O–H groups in total. The van der Waals surface area contributed by atoms with E-state index in [0.717, 1.165) is 0 Å². The molecular formula is C4H5NiO4-. The van der Waals surface area contributed by atoms with Crippen LogP contribution < -0.4 is 0 Å². The Morgan fingerprint density at radius 1 is 1.33 bits per heavy atom. The van der Waals surface area contributed by atoms with E-state index in [9.17, 15) is 9.59 Å². The molecule has 0 amide bonds. The average molecular weight is 176 g/mol. The van der Waals surface area contributed by atoms with Crippen LogP contribution in [0.1, 0.15) is 6.42 Å². The summed E-state index contributed by atoms with van der Waals surface area (Å²) in [5.74, 6) is -2.33. The van der Waals surface area contributed by atoms with Gasteiger partial charge in [-0.3, -0.25) is 16.0 Å². The first-order valence-corrected chi connectivity index (χ1v) is 1.91. The monoisotopic (exact) mass is 175 g/mol. The zero-order valence-electron chi connectivity index (χ0n) is 4.31. The quantitative estimate of drug-likeness (QED) is 0.458. The van der Waals surface area contributed by atoms with Crippen LogP contribution in [0.5, 0.6) is 0 Å². The second-order valence-electron chi connectivity index (χ2n) is 1.14. The SMILES string of the molecule is O=C(O)[CH-]CC(=O)O.[Ni]. The van der Waals surface area contributed by atoms with Crippen LogP contribution in [-0.4, -0.2) is 22.2 Å². The molecule has 5 heteroatoms. The summed E-state index contributed by atoms with van der Waals surface area (Å²) >= 11 is 0. The van der Waals surface area contributed by atoms with Crippen molar-refractivity contribution in [3.8, 4) is 0 Å². The average Bonchev–Trinajstić information content (AvgIpc) is 1.61. The zero-order valence-corrected chi connectivity index (χ0v) is 5.30. The summed E-state index contributed by atoms with van der Waals surface area (Å²) in [6, 6.07) is 0. The van der Waals surface area contributed by atoms with Crippen molar-refractivity contribution in [3.63, 3.8) is 0 Å². The Hall–Kier alpha value is -0.696. The van der Waals surface area contributed by atoms with Gasteiger partial charge in [0.15, 0.2) is 5.97 Å². The summed E-state index contributed by atoms with van der Waals surface area (Å²) < 4.78 is 0. The number of carboxylic acids is 2.